The summed E-state index contributed by atoms with van der Waals surface area (Å²) in [4.78, 5) is 14.0. The summed E-state index contributed by atoms with van der Waals surface area (Å²) in [7, 11) is 1.95. The first-order valence-electron chi connectivity index (χ1n) is 7.00. The second kappa shape index (κ2) is 9.13. The van der Waals surface area contributed by atoms with Gasteiger partial charge in [0, 0.05) is 13.1 Å². The third-order valence-corrected chi connectivity index (χ3v) is 3.85. The first-order valence-corrected chi connectivity index (χ1v) is 7.38. The van der Waals surface area contributed by atoms with Crippen LogP contribution in [0.5, 0.6) is 5.75 Å². The van der Waals surface area contributed by atoms with Gasteiger partial charge >= 0.3 is 0 Å². The zero-order chi connectivity index (χ0) is 14.4. The highest BCUT2D eigenvalue weighted by atomic mass is 35.5. The minimum Gasteiger partial charge on any atom is -0.491 e. The van der Waals surface area contributed by atoms with Crippen molar-refractivity contribution in [3.63, 3.8) is 0 Å². The normalized spacial score (nSPS) is 17.4. The van der Waals surface area contributed by atoms with Crippen molar-refractivity contribution < 1.29 is 9.53 Å². The van der Waals surface area contributed by atoms with Gasteiger partial charge in [0.05, 0.1) is 18.1 Å². The minimum absolute atomic E-state index is 0. The molecule has 21 heavy (non-hydrogen) atoms. The van der Waals surface area contributed by atoms with Crippen molar-refractivity contribution in [2.75, 3.05) is 33.3 Å². The average molecular weight is 333 g/mol. The van der Waals surface area contributed by atoms with E-state index in [9.17, 15) is 4.79 Å². The van der Waals surface area contributed by atoms with Crippen LogP contribution in [0.2, 0.25) is 5.02 Å². The van der Waals surface area contributed by atoms with Crippen molar-refractivity contribution in [1.29, 1.82) is 0 Å². The Morgan fingerprint density at radius 1 is 1.48 bits per heavy atom. The number of amides is 1. The largest absolute Gasteiger partial charge is 0.491 e. The highest BCUT2D eigenvalue weighted by Crippen LogP contribution is 2.23. The van der Waals surface area contributed by atoms with E-state index in [0.29, 0.717) is 29.7 Å². The number of rotatable bonds is 6. The molecule has 1 unspecified atom stereocenters. The lowest BCUT2D eigenvalue weighted by atomic mass is 10.1. The number of ether oxygens (including phenoxy) is 1. The number of halogens is 2. The van der Waals surface area contributed by atoms with Crippen LogP contribution in [-0.4, -0.2) is 44.1 Å². The Morgan fingerprint density at radius 3 is 2.95 bits per heavy atom. The summed E-state index contributed by atoms with van der Waals surface area (Å²) < 4.78 is 5.55. The molecular weight excluding hydrogens is 311 g/mol. The Balaban J connectivity index is 0.00000220. The first-order chi connectivity index (χ1) is 9.70. The maximum atomic E-state index is 12.1. The van der Waals surface area contributed by atoms with Crippen molar-refractivity contribution in [2.45, 2.75) is 12.8 Å². The van der Waals surface area contributed by atoms with E-state index in [1.165, 1.54) is 0 Å². The molecule has 1 amide bonds. The van der Waals surface area contributed by atoms with E-state index in [1.807, 2.05) is 30.1 Å². The number of likely N-dealkylation sites (tertiary alicyclic amines) is 1. The summed E-state index contributed by atoms with van der Waals surface area (Å²) in [5.41, 5.74) is 0. The molecule has 0 saturated carbocycles. The van der Waals surface area contributed by atoms with E-state index in [1.54, 1.807) is 6.07 Å². The molecule has 0 aliphatic carbocycles. The molecule has 1 atom stereocenters. The van der Waals surface area contributed by atoms with Gasteiger partial charge in [-0.15, -0.1) is 12.4 Å². The number of carbonyl (C=O) groups excluding carboxylic acids is 1. The standard InChI is InChI=1S/C15H21ClN2O2.ClH/c1-17-10-12-6-8-18(11-12)15(19)7-9-20-14-5-3-2-4-13(14)16;/h2-5,12,17H,6-11H2,1H3;1H. The fraction of sp³-hybridized carbons (Fsp3) is 0.533. The smallest absolute Gasteiger partial charge is 0.226 e. The fourth-order valence-corrected chi connectivity index (χ4v) is 2.67. The van der Waals surface area contributed by atoms with Crippen molar-refractivity contribution in [2.24, 2.45) is 5.92 Å². The van der Waals surface area contributed by atoms with E-state index in [-0.39, 0.29) is 18.3 Å². The Kier molecular flexibility index (Phi) is 7.86. The number of benzene rings is 1. The monoisotopic (exact) mass is 332 g/mol. The second-order valence-corrected chi connectivity index (χ2v) is 5.49. The lowest BCUT2D eigenvalue weighted by Crippen LogP contribution is -2.31. The van der Waals surface area contributed by atoms with E-state index < -0.39 is 0 Å². The number of hydrogen-bond donors (Lipinski definition) is 1. The van der Waals surface area contributed by atoms with Gasteiger partial charge < -0.3 is 15.0 Å². The average Bonchev–Trinajstić information content (AvgIpc) is 2.90. The maximum Gasteiger partial charge on any atom is 0.226 e. The van der Waals surface area contributed by atoms with Gasteiger partial charge in [-0.3, -0.25) is 4.79 Å². The first kappa shape index (κ1) is 18.1. The third-order valence-electron chi connectivity index (χ3n) is 3.54. The van der Waals surface area contributed by atoms with Crippen LogP contribution in [0.25, 0.3) is 0 Å². The van der Waals surface area contributed by atoms with Crippen LogP contribution in [0.3, 0.4) is 0 Å². The van der Waals surface area contributed by atoms with Crippen LogP contribution in [0.4, 0.5) is 0 Å². The summed E-state index contributed by atoms with van der Waals surface area (Å²) in [6, 6.07) is 7.31. The number of carbonyl (C=O) groups is 1. The van der Waals surface area contributed by atoms with Gasteiger partial charge in [-0.25, -0.2) is 0 Å². The van der Waals surface area contributed by atoms with Crippen molar-refractivity contribution in [1.82, 2.24) is 10.2 Å². The minimum atomic E-state index is 0. The van der Waals surface area contributed by atoms with Crippen LogP contribution in [0, 0.1) is 5.92 Å². The van der Waals surface area contributed by atoms with Crippen molar-refractivity contribution in [3.05, 3.63) is 29.3 Å². The molecule has 1 fully saturated rings. The molecule has 0 radical (unpaired) electrons. The molecule has 2 rings (SSSR count). The number of hydrogen-bond acceptors (Lipinski definition) is 3. The predicted octanol–water partition coefficient (Wildman–Crippen LogP) is 2.60. The van der Waals surface area contributed by atoms with Gasteiger partial charge in [-0.1, -0.05) is 23.7 Å². The summed E-state index contributed by atoms with van der Waals surface area (Å²) in [5, 5.41) is 3.74. The second-order valence-electron chi connectivity index (χ2n) is 5.08. The summed E-state index contributed by atoms with van der Waals surface area (Å²) in [5.74, 6) is 1.38. The Bertz CT molecular complexity index is 457. The summed E-state index contributed by atoms with van der Waals surface area (Å²) >= 11 is 5.99. The van der Waals surface area contributed by atoms with Crippen LogP contribution in [0.1, 0.15) is 12.8 Å². The quantitative estimate of drug-likeness (QED) is 0.870. The molecule has 1 aliphatic rings. The molecule has 1 aromatic rings. The van der Waals surface area contributed by atoms with Crippen LogP contribution in [-0.2, 0) is 4.79 Å². The van der Waals surface area contributed by atoms with E-state index in [4.69, 9.17) is 16.3 Å². The lowest BCUT2D eigenvalue weighted by Gasteiger charge is -2.17. The van der Waals surface area contributed by atoms with E-state index >= 15 is 0 Å². The van der Waals surface area contributed by atoms with Crippen LogP contribution in [0.15, 0.2) is 24.3 Å². The van der Waals surface area contributed by atoms with Crippen LogP contribution >= 0.6 is 24.0 Å². The SMILES string of the molecule is CNCC1CCN(C(=O)CCOc2ccccc2Cl)C1.Cl. The van der Waals surface area contributed by atoms with Gasteiger partial charge in [0.2, 0.25) is 5.91 Å². The lowest BCUT2D eigenvalue weighted by molar-refractivity contribution is -0.130. The molecular formula is C15H22Cl2N2O2. The molecule has 0 spiro atoms. The molecule has 1 saturated heterocycles. The molecule has 1 heterocycles. The molecule has 1 aromatic carbocycles. The highest BCUT2D eigenvalue weighted by Gasteiger charge is 2.25. The highest BCUT2D eigenvalue weighted by molar-refractivity contribution is 6.32. The zero-order valence-corrected chi connectivity index (χ0v) is 13.8. The molecule has 118 valence electrons. The van der Waals surface area contributed by atoms with Crippen molar-refractivity contribution in [3.8, 4) is 5.75 Å². The zero-order valence-electron chi connectivity index (χ0n) is 12.2. The molecule has 6 heteroatoms. The predicted molar refractivity (Wildman–Crippen MR) is 87.4 cm³/mol. The molecule has 0 aromatic heterocycles. The number of para-hydroxylation sites is 1. The molecule has 0 bridgehead atoms. The van der Waals surface area contributed by atoms with Gasteiger partial charge in [0.15, 0.2) is 0 Å². The maximum absolute atomic E-state index is 12.1. The van der Waals surface area contributed by atoms with Gasteiger partial charge in [-0.05, 0) is 38.1 Å². The Labute approximate surface area is 137 Å². The topological polar surface area (TPSA) is 41.6 Å². The van der Waals surface area contributed by atoms with Gasteiger partial charge in [0.1, 0.15) is 5.75 Å². The Hall–Kier alpha value is -0.970. The molecule has 1 N–H and O–H groups in total. The van der Waals surface area contributed by atoms with E-state index in [2.05, 4.69) is 5.32 Å². The Morgan fingerprint density at radius 2 is 2.24 bits per heavy atom. The number of nitrogens with one attached hydrogen (secondary N) is 1. The summed E-state index contributed by atoms with van der Waals surface area (Å²) in [6.07, 6.45) is 1.48. The molecule has 4 nitrogen and oxygen atoms in total. The van der Waals surface area contributed by atoms with Gasteiger partial charge in [0.25, 0.3) is 0 Å². The van der Waals surface area contributed by atoms with E-state index in [0.717, 1.165) is 26.1 Å². The van der Waals surface area contributed by atoms with Crippen LogP contribution < -0.4 is 10.1 Å². The fourth-order valence-electron chi connectivity index (χ4n) is 2.48. The summed E-state index contributed by atoms with van der Waals surface area (Å²) in [6.45, 7) is 3.05. The van der Waals surface area contributed by atoms with Crippen molar-refractivity contribution >= 4 is 29.9 Å². The third kappa shape index (κ3) is 5.38. The van der Waals surface area contributed by atoms with Gasteiger partial charge in [-0.2, -0.15) is 0 Å². The molecule has 1 aliphatic heterocycles. The number of nitrogens with zero attached hydrogens (tertiary/aromatic N) is 1.